The number of benzene rings is 2. The Bertz CT molecular complexity index is 1050. The predicted octanol–water partition coefficient (Wildman–Crippen LogP) is 3.02. The third kappa shape index (κ3) is 5.05. The molecular weight excluding hydrogens is 392 g/mol. The van der Waals surface area contributed by atoms with Crippen LogP contribution in [0.15, 0.2) is 64.9 Å². The van der Waals surface area contributed by atoms with Crippen molar-refractivity contribution < 1.29 is 9.72 Å². The molecule has 29 heavy (non-hydrogen) atoms. The summed E-state index contributed by atoms with van der Waals surface area (Å²) >= 11 is 1.26. The van der Waals surface area contributed by atoms with Crippen molar-refractivity contribution in [3.63, 3.8) is 0 Å². The Labute approximate surface area is 171 Å². The Morgan fingerprint density at radius 3 is 2.52 bits per heavy atom. The van der Waals surface area contributed by atoms with Gasteiger partial charge in [-0.25, -0.2) is 5.43 Å². The molecule has 0 spiro atoms. The molecule has 0 saturated heterocycles. The lowest BCUT2D eigenvalue weighted by atomic mass is 10.1. The van der Waals surface area contributed by atoms with E-state index in [4.69, 9.17) is 0 Å². The van der Waals surface area contributed by atoms with Gasteiger partial charge in [0.2, 0.25) is 0 Å². The van der Waals surface area contributed by atoms with Crippen LogP contribution in [0.1, 0.15) is 12.5 Å². The number of nitro groups is 1. The quantitative estimate of drug-likeness (QED) is 0.277. The maximum atomic E-state index is 12.1. The van der Waals surface area contributed by atoms with Gasteiger partial charge in [0, 0.05) is 24.7 Å². The lowest BCUT2D eigenvalue weighted by Gasteiger charge is -2.04. The van der Waals surface area contributed by atoms with Crippen molar-refractivity contribution in [2.24, 2.45) is 12.1 Å². The molecule has 0 saturated carbocycles. The molecule has 1 N–H and O–H groups in total. The molecule has 10 heteroatoms. The highest BCUT2D eigenvalue weighted by Crippen LogP contribution is 2.22. The summed E-state index contributed by atoms with van der Waals surface area (Å²) in [5.41, 5.74) is 4.66. The number of non-ortho nitro benzene ring substituents is 1. The molecule has 9 nitrogen and oxygen atoms in total. The average molecular weight is 410 g/mol. The summed E-state index contributed by atoms with van der Waals surface area (Å²) in [4.78, 5) is 22.3. The van der Waals surface area contributed by atoms with E-state index in [2.05, 4.69) is 20.7 Å². The second-order valence-corrected chi connectivity index (χ2v) is 7.00. The van der Waals surface area contributed by atoms with Crippen LogP contribution in [-0.2, 0) is 11.8 Å². The Kier molecular flexibility index (Phi) is 6.35. The summed E-state index contributed by atoms with van der Waals surface area (Å²) in [7, 11) is 1.85. The zero-order chi connectivity index (χ0) is 20.8. The number of hydrogen-bond donors (Lipinski definition) is 1. The molecule has 1 amide bonds. The Morgan fingerprint density at radius 2 is 1.86 bits per heavy atom. The number of rotatable bonds is 7. The van der Waals surface area contributed by atoms with E-state index in [-0.39, 0.29) is 17.3 Å². The first kappa shape index (κ1) is 20.2. The normalized spacial score (nSPS) is 11.3. The molecule has 0 radical (unpaired) electrons. The van der Waals surface area contributed by atoms with Crippen LogP contribution in [0.25, 0.3) is 11.4 Å². The van der Waals surface area contributed by atoms with E-state index in [0.717, 1.165) is 11.4 Å². The van der Waals surface area contributed by atoms with Crippen molar-refractivity contribution in [2.75, 3.05) is 5.75 Å². The molecule has 2 aromatic carbocycles. The summed E-state index contributed by atoms with van der Waals surface area (Å²) < 4.78 is 1.83. The fourth-order valence-corrected chi connectivity index (χ4v) is 3.18. The standard InChI is InChI=1S/C19H18N6O3S/c1-13(14-8-10-16(11-9-14)25(27)28)20-21-17(26)12-29-19-23-22-18(24(19)2)15-6-4-3-5-7-15/h3-11H,12H2,1-2H3,(H,21,26)/b20-13+. The maximum Gasteiger partial charge on any atom is 0.269 e. The number of nitro benzene ring substituents is 1. The van der Waals surface area contributed by atoms with Crippen LogP contribution in [0.4, 0.5) is 5.69 Å². The Hall–Kier alpha value is -3.53. The minimum absolute atomic E-state index is 0.000495. The minimum atomic E-state index is -0.467. The van der Waals surface area contributed by atoms with E-state index in [1.165, 1.54) is 23.9 Å². The van der Waals surface area contributed by atoms with Crippen molar-refractivity contribution >= 4 is 29.1 Å². The second kappa shape index (κ2) is 9.11. The number of hydrogen-bond acceptors (Lipinski definition) is 7. The molecule has 0 aliphatic rings. The third-order valence-corrected chi connectivity index (χ3v) is 5.06. The molecule has 0 aliphatic carbocycles. The summed E-state index contributed by atoms with van der Waals surface area (Å²) in [5.74, 6) is 0.554. The highest BCUT2D eigenvalue weighted by Gasteiger charge is 2.12. The number of amides is 1. The second-order valence-electron chi connectivity index (χ2n) is 6.06. The topological polar surface area (TPSA) is 115 Å². The molecule has 3 aromatic rings. The largest absolute Gasteiger partial charge is 0.305 e. The molecule has 1 heterocycles. The smallest absolute Gasteiger partial charge is 0.269 e. The molecule has 3 rings (SSSR count). The summed E-state index contributed by atoms with van der Waals surface area (Å²) in [5, 5.41) is 23.7. The van der Waals surface area contributed by atoms with E-state index < -0.39 is 4.92 Å². The number of carbonyl (C=O) groups is 1. The van der Waals surface area contributed by atoms with Crippen LogP contribution < -0.4 is 5.43 Å². The molecule has 0 atom stereocenters. The SMILES string of the molecule is C/C(=N\NC(=O)CSc1nnc(-c2ccccc2)n1C)c1ccc([N+](=O)[O-])cc1. The van der Waals surface area contributed by atoms with E-state index >= 15 is 0 Å². The first-order chi connectivity index (χ1) is 14.0. The number of hydrazone groups is 1. The number of nitrogens with zero attached hydrogens (tertiary/aromatic N) is 5. The van der Waals surface area contributed by atoms with Crippen molar-refractivity contribution in [1.29, 1.82) is 0 Å². The van der Waals surface area contributed by atoms with E-state index in [9.17, 15) is 14.9 Å². The van der Waals surface area contributed by atoms with Gasteiger partial charge in [0.05, 0.1) is 16.4 Å². The van der Waals surface area contributed by atoms with Crippen LogP contribution in [-0.4, -0.2) is 37.1 Å². The fourth-order valence-electron chi connectivity index (χ4n) is 2.48. The van der Waals surface area contributed by atoms with Gasteiger partial charge >= 0.3 is 0 Å². The van der Waals surface area contributed by atoms with Crippen LogP contribution in [0.3, 0.4) is 0 Å². The Balaban J connectivity index is 1.57. The van der Waals surface area contributed by atoms with Crippen LogP contribution in [0.2, 0.25) is 0 Å². The fraction of sp³-hybridized carbons (Fsp3) is 0.158. The monoisotopic (exact) mass is 410 g/mol. The highest BCUT2D eigenvalue weighted by atomic mass is 32.2. The predicted molar refractivity (Wildman–Crippen MR) is 111 cm³/mol. The van der Waals surface area contributed by atoms with Gasteiger partial charge in [-0.3, -0.25) is 14.9 Å². The van der Waals surface area contributed by atoms with E-state index in [0.29, 0.717) is 16.4 Å². The zero-order valence-corrected chi connectivity index (χ0v) is 16.6. The van der Waals surface area contributed by atoms with Crippen molar-refractivity contribution in [3.8, 4) is 11.4 Å². The molecule has 0 unspecified atom stereocenters. The summed E-state index contributed by atoms with van der Waals surface area (Å²) in [6.45, 7) is 1.71. The number of carbonyl (C=O) groups excluding carboxylic acids is 1. The first-order valence-corrected chi connectivity index (χ1v) is 9.60. The molecule has 0 bridgehead atoms. The minimum Gasteiger partial charge on any atom is -0.305 e. The van der Waals surface area contributed by atoms with Crippen molar-refractivity contribution in [1.82, 2.24) is 20.2 Å². The zero-order valence-electron chi connectivity index (χ0n) is 15.8. The van der Waals surface area contributed by atoms with Gasteiger partial charge in [-0.2, -0.15) is 5.10 Å². The first-order valence-electron chi connectivity index (χ1n) is 8.61. The number of aromatic nitrogens is 3. The summed E-state index contributed by atoms with van der Waals surface area (Å²) in [6, 6.07) is 15.6. The lowest BCUT2D eigenvalue weighted by molar-refractivity contribution is -0.384. The van der Waals surface area contributed by atoms with Gasteiger partial charge < -0.3 is 4.57 Å². The maximum absolute atomic E-state index is 12.1. The van der Waals surface area contributed by atoms with Gasteiger partial charge in [-0.1, -0.05) is 42.1 Å². The lowest BCUT2D eigenvalue weighted by Crippen LogP contribution is -2.21. The van der Waals surface area contributed by atoms with Gasteiger partial charge in [-0.15, -0.1) is 10.2 Å². The molecule has 0 fully saturated rings. The Morgan fingerprint density at radius 1 is 1.17 bits per heavy atom. The van der Waals surface area contributed by atoms with Gasteiger partial charge in [0.15, 0.2) is 11.0 Å². The van der Waals surface area contributed by atoms with Gasteiger partial charge in [0.1, 0.15) is 0 Å². The van der Waals surface area contributed by atoms with Crippen LogP contribution in [0, 0.1) is 10.1 Å². The number of nitrogens with one attached hydrogen (secondary N) is 1. The van der Waals surface area contributed by atoms with Crippen LogP contribution >= 0.6 is 11.8 Å². The van der Waals surface area contributed by atoms with Gasteiger partial charge in [0.25, 0.3) is 11.6 Å². The molecule has 0 aliphatic heterocycles. The van der Waals surface area contributed by atoms with E-state index in [1.807, 2.05) is 41.9 Å². The highest BCUT2D eigenvalue weighted by molar-refractivity contribution is 7.99. The van der Waals surface area contributed by atoms with Crippen molar-refractivity contribution in [3.05, 3.63) is 70.3 Å². The van der Waals surface area contributed by atoms with Gasteiger partial charge in [-0.05, 0) is 24.6 Å². The third-order valence-electron chi connectivity index (χ3n) is 4.04. The molecule has 148 valence electrons. The molecular formula is C19H18N6O3S. The summed E-state index contributed by atoms with van der Waals surface area (Å²) in [6.07, 6.45) is 0. The number of thioether (sulfide) groups is 1. The van der Waals surface area contributed by atoms with Crippen molar-refractivity contribution in [2.45, 2.75) is 12.1 Å². The average Bonchev–Trinajstić information content (AvgIpc) is 3.11. The molecule has 1 aromatic heterocycles. The van der Waals surface area contributed by atoms with E-state index in [1.54, 1.807) is 19.1 Å². The van der Waals surface area contributed by atoms with Crippen LogP contribution in [0.5, 0.6) is 0 Å².